The third-order valence-corrected chi connectivity index (χ3v) is 3.37. The zero-order valence-corrected chi connectivity index (χ0v) is 10.8. The highest BCUT2D eigenvalue weighted by atomic mass is 16.2. The molecule has 2 heterocycles. The Morgan fingerprint density at radius 1 is 1.37 bits per heavy atom. The van der Waals surface area contributed by atoms with E-state index in [1.54, 1.807) is 11.2 Å². The van der Waals surface area contributed by atoms with Gasteiger partial charge in [0.25, 0.3) is 0 Å². The van der Waals surface area contributed by atoms with E-state index in [1.807, 2.05) is 31.2 Å². The van der Waals surface area contributed by atoms with Crippen molar-refractivity contribution in [3.05, 3.63) is 47.5 Å². The van der Waals surface area contributed by atoms with Crippen molar-refractivity contribution in [1.29, 1.82) is 0 Å². The molecule has 19 heavy (non-hydrogen) atoms. The summed E-state index contributed by atoms with van der Waals surface area (Å²) < 4.78 is 0. The zero-order chi connectivity index (χ0) is 13.2. The van der Waals surface area contributed by atoms with Gasteiger partial charge in [-0.2, -0.15) is 0 Å². The van der Waals surface area contributed by atoms with Crippen molar-refractivity contribution in [2.75, 3.05) is 11.9 Å². The number of aromatic nitrogens is 2. The molecule has 0 saturated heterocycles. The lowest BCUT2D eigenvalue weighted by Crippen LogP contribution is -2.38. The van der Waals surface area contributed by atoms with Crippen molar-refractivity contribution in [3.8, 4) is 0 Å². The zero-order valence-electron chi connectivity index (χ0n) is 10.8. The molecule has 2 aromatic rings. The molecule has 3 rings (SSSR count). The third kappa shape index (κ3) is 2.45. The van der Waals surface area contributed by atoms with Crippen LogP contribution in [-0.4, -0.2) is 27.4 Å². The molecular weight excluding hydrogens is 240 g/mol. The molecule has 5 nitrogen and oxygen atoms in total. The van der Waals surface area contributed by atoms with Gasteiger partial charge in [0.15, 0.2) is 0 Å². The lowest BCUT2D eigenvalue weighted by atomic mass is 10.1. The number of nitrogens with one attached hydrogen (secondary N) is 2. The molecule has 98 valence electrons. The molecule has 0 spiro atoms. The van der Waals surface area contributed by atoms with Crippen LogP contribution < -0.4 is 5.32 Å². The quantitative estimate of drug-likeness (QED) is 0.822. The lowest BCUT2D eigenvalue weighted by molar-refractivity contribution is 0.205. The number of rotatable bonds is 1. The number of anilines is 1. The molecule has 1 aromatic carbocycles. The number of benzene rings is 1. The van der Waals surface area contributed by atoms with Crippen molar-refractivity contribution in [3.63, 3.8) is 0 Å². The van der Waals surface area contributed by atoms with Gasteiger partial charge in [0.1, 0.15) is 0 Å². The number of amides is 2. The van der Waals surface area contributed by atoms with E-state index in [2.05, 4.69) is 15.3 Å². The second-order valence-electron chi connectivity index (χ2n) is 4.80. The molecule has 0 fully saturated rings. The Morgan fingerprint density at radius 3 is 2.95 bits per heavy atom. The van der Waals surface area contributed by atoms with Crippen molar-refractivity contribution in [1.82, 2.24) is 14.9 Å². The number of hydrogen-bond donors (Lipinski definition) is 2. The van der Waals surface area contributed by atoms with Crippen LogP contribution >= 0.6 is 0 Å². The summed E-state index contributed by atoms with van der Waals surface area (Å²) in [6.45, 7) is 3.32. The molecule has 0 radical (unpaired) electrons. The molecule has 1 aliphatic heterocycles. The Bertz CT molecular complexity index is 588. The summed E-state index contributed by atoms with van der Waals surface area (Å²) in [5.41, 5.74) is 4.11. The van der Waals surface area contributed by atoms with Crippen molar-refractivity contribution in [2.45, 2.75) is 19.9 Å². The highest BCUT2D eigenvalue weighted by Gasteiger charge is 2.22. The topological polar surface area (TPSA) is 61.0 Å². The van der Waals surface area contributed by atoms with Gasteiger partial charge < -0.3 is 15.2 Å². The highest BCUT2D eigenvalue weighted by molar-refractivity contribution is 5.89. The van der Waals surface area contributed by atoms with E-state index < -0.39 is 0 Å². The van der Waals surface area contributed by atoms with Gasteiger partial charge in [0.2, 0.25) is 0 Å². The molecule has 1 aromatic heterocycles. The van der Waals surface area contributed by atoms with Crippen LogP contribution in [0.15, 0.2) is 30.6 Å². The van der Waals surface area contributed by atoms with Gasteiger partial charge in [-0.05, 0) is 19.1 Å². The van der Waals surface area contributed by atoms with E-state index >= 15 is 0 Å². The minimum Gasteiger partial charge on any atom is -0.347 e. The average molecular weight is 256 g/mol. The molecule has 2 N–H and O–H groups in total. The van der Waals surface area contributed by atoms with Gasteiger partial charge in [-0.3, -0.25) is 0 Å². The maximum absolute atomic E-state index is 12.2. The number of aromatic amines is 1. The average Bonchev–Trinajstić information content (AvgIpc) is 2.88. The second kappa shape index (κ2) is 4.76. The Kier molecular flexibility index (Phi) is 2.95. The van der Waals surface area contributed by atoms with Gasteiger partial charge >= 0.3 is 6.03 Å². The molecular formula is C14H16N4O. The Hall–Kier alpha value is -2.30. The van der Waals surface area contributed by atoms with Crippen molar-refractivity contribution >= 4 is 11.7 Å². The van der Waals surface area contributed by atoms with Crippen LogP contribution in [0.3, 0.4) is 0 Å². The number of aryl methyl sites for hydroxylation is 1. The Balaban J connectivity index is 1.67. The summed E-state index contributed by atoms with van der Waals surface area (Å²) in [6, 6.07) is 7.74. The van der Waals surface area contributed by atoms with Crippen LogP contribution in [0.1, 0.15) is 17.0 Å². The molecule has 0 atom stereocenters. The number of H-pyrrole nitrogens is 1. The summed E-state index contributed by atoms with van der Waals surface area (Å²) in [4.78, 5) is 21.3. The van der Waals surface area contributed by atoms with Crippen molar-refractivity contribution in [2.24, 2.45) is 0 Å². The van der Waals surface area contributed by atoms with Crippen molar-refractivity contribution < 1.29 is 4.79 Å². The highest BCUT2D eigenvalue weighted by Crippen LogP contribution is 2.16. The van der Waals surface area contributed by atoms with Gasteiger partial charge in [0.05, 0.1) is 24.3 Å². The number of nitrogens with zero attached hydrogens (tertiary/aromatic N) is 2. The van der Waals surface area contributed by atoms with Gasteiger partial charge in [-0.25, -0.2) is 9.78 Å². The van der Waals surface area contributed by atoms with E-state index in [-0.39, 0.29) is 6.03 Å². The summed E-state index contributed by atoms with van der Waals surface area (Å²) in [5.74, 6) is 0. The Morgan fingerprint density at radius 2 is 2.16 bits per heavy atom. The van der Waals surface area contributed by atoms with E-state index in [1.165, 1.54) is 5.56 Å². The smallest absolute Gasteiger partial charge is 0.322 e. The van der Waals surface area contributed by atoms with Crippen LogP contribution in [0.4, 0.5) is 10.5 Å². The van der Waals surface area contributed by atoms with Crippen LogP contribution in [-0.2, 0) is 13.0 Å². The fraction of sp³-hybridized carbons (Fsp3) is 0.286. The second-order valence-corrected chi connectivity index (χ2v) is 4.80. The monoisotopic (exact) mass is 256 g/mol. The minimum absolute atomic E-state index is 0.0656. The number of urea groups is 1. The normalized spacial score (nSPS) is 14.1. The van der Waals surface area contributed by atoms with E-state index in [9.17, 15) is 4.79 Å². The Labute approximate surface area is 111 Å². The van der Waals surface area contributed by atoms with Crippen LogP contribution in [0.2, 0.25) is 0 Å². The molecule has 5 heteroatoms. The molecule has 0 unspecified atom stereocenters. The number of fused-ring (bicyclic) bond motifs is 1. The lowest BCUT2D eigenvalue weighted by Gasteiger charge is -2.26. The maximum Gasteiger partial charge on any atom is 0.322 e. The molecule has 2 amide bonds. The fourth-order valence-electron chi connectivity index (χ4n) is 2.23. The number of imidazole rings is 1. The molecule has 1 aliphatic rings. The fourth-order valence-corrected chi connectivity index (χ4v) is 2.23. The first-order valence-electron chi connectivity index (χ1n) is 6.36. The standard InChI is InChI=1S/C14H16N4O/c1-10-2-4-11(5-3-10)17-14(19)18-7-6-12-13(8-18)16-9-15-12/h2-5,9H,6-8H2,1H3,(H,15,16)(H,17,19). The van der Waals surface area contributed by atoms with Crippen LogP contribution in [0.5, 0.6) is 0 Å². The number of carbonyl (C=O) groups is 1. The molecule has 0 aliphatic carbocycles. The van der Waals surface area contributed by atoms with Gasteiger partial charge in [-0.1, -0.05) is 17.7 Å². The SMILES string of the molecule is Cc1ccc(NC(=O)N2CCc3nc[nH]c3C2)cc1. The summed E-state index contributed by atoms with van der Waals surface area (Å²) in [5, 5.41) is 2.91. The number of hydrogen-bond acceptors (Lipinski definition) is 2. The number of carbonyl (C=O) groups excluding carboxylic acids is 1. The summed E-state index contributed by atoms with van der Waals surface area (Å²) in [6.07, 6.45) is 2.49. The largest absolute Gasteiger partial charge is 0.347 e. The predicted molar refractivity (Wildman–Crippen MR) is 72.9 cm³/mol. The maximum atomic E-state index is 12.2. The predicted octanol–water partition coefficient (Wildman–Crippen LogP) is 2.31. The van der Waals surface area contributed by atoms with Crippen LogP contribution in [0.25, 0.3) is 0 Å². The summed E-state index contributed by atoms with van der Waals surface area (Å²) >= 11 is 0. The first-order chi connectivity index (χ1) is 9.22. The summed E-state index contributed by atoms with van der Waals surface area (Å²) in [7, 11) is 0. The van der Waals surface area contributed by atoms with E-state index in [0.29, 0.717) is 13.1 Å². The first kappa shape index (κ1) is 11.8. The van der Waals surface area contributed by atoms with Gasteiger partial charge in [0, 0.05) is 18.7 Å². The third-order valence-electron chi connectivity index (χ3n) is 3.37. The van der Waals surface area contributed by atoms with Gasteiger partial charge in [-0.15, -0.1) is 0 Å². The minimum atomic E-state index is -0.0656. The first-order valence-corrected chi connectivity index (χ1v) is 6.36. The molecule has 0 saturated carbocycles. The van der Waals surface area contributed by atoms with E-state index in [4.69, 9.17) is 0 Å². The molecule has 0 bridgehead atoms. The van der Waals surface area contributed by atoms with Crippen LogP contribution in [0, 0.1) is 6.92 Å². The van der Waals surface area contributed by atoms with E-state index in [0.717, 1.165) is 23.5 Å².